The molecular formula is C24H30N2O5. The van der Waals surface area contributed by atoms with Crippen LogP contribution in [0, 0.1) is 0 Å². The molecule has 7 heteroatoms. The van der Waals surface area contributed by atoms with Crippen LogP contribution in [0.2, 0.25) is 0 Å². The van der Waals surface area contributed by atoms with Gasteiger partial charge < -0.3 is 24.8 Å². The minimum absolute atomic E-state index is 0.0436. The van der Waals surface area contributed by atoms with Gasteiger partial charge in [-0.25, -0.2) is 0 Å². The van der Waals surface area contributed by atoms with Gasteiger partial charge in [-0.05, 0) is 55.2 Å². The Morgan fingerprint density at radius 2 is 1.84 bits per heavy atom. The molecule has 166 valence electrons. The molecule has 2 aromatic carbocycles. The molecule has 2 amide bonds. The van der Waals surface area contributed by atoms with Gasteiger partial charge in [-0.1, -0.05) is 13.3 Å². The number of unbranched alkanes of at least 4 members (excludes halogenated alkanes) is 1. The van der Waals surface area contributed by atoms with E-state index in [1.54, 1.807) is 13.2 Å². The van der Waals surface area contributed by atoms with Crippen LogP contribution in [0.4, 0.5) is 11.4 Å². The molecule has 1 aliphatic rings. The highest BCUT2D eigenvalue weighted by atomic mass is 16.5. The second kappa shape index (κ2) is 11.2. The number of amides is 2. The van der Waals surface area contributed by atoms with E-state index in [2.05, 4.69) is 17.6 Å². The first-order valence-electron chi connectivity index (χ1n) is 10.8. The molecule has 3 rings (SSSR count). The maximum atomic E-state index is 12.4. The van der Waals surface area contributed by atoms with Crippen molar-refractivity contribution >= 4 is 23.2 Å². The molecule has 2 N–H and O–H groups in total. The smallest absolute Gasteiger partial charge is 0.224 e. The standard InChI is InChI=1S/C24H30N2O5/c1-3-4-13-31-22-11-9-18(29-2)16-21(22)26-23(27)6-5-14-30-19-8-10-20-17(15-19)7-12-24(28)25-20/h8-11,15-16H,3-7,12-14H2,1-2H3,(H,25,28)(H,26,27). The summed E-state index contributed by atoms with van der Waals surface area (Å²) in [5.41, 5.74) is 2.53. The van der Waals surface area contributed by atoms with Crippen LogP contribution in [-0.2, 0) is 16.0 Å². The molecule has 0 radical (unpaired) electrons. The second-order valence-electron chi connectivity index (χ2n) is 7.43. The molecule has 7 nitrogen and oxygen atoms in total. The van der Waals surface area contributed by atoms with E-state index >= 15 is 0 Å². The highest BCUT2D eigenvalue weighted by Crippen LogP contribution is 2.30. The highest BCUT2D eigenvalue weighted by molar-refractivity contribution is 5.94. The Bertz CT molecular complexity index is 913. The number of hydrogen-bond acceptors (Lipinski definition) is 5. The predicted octanol–water partition coefficient (Wildman–Crippen LogP) is 4.56. The number of benzene rings is 2. The van der Waals surface area contributed by atoms with Crippen LogP contribution in [0.1, 0.15) is 44.6 Å². The zero-order valence-electron chi connectivity index (χ0n) is 18.2. The number of rotatable bonds is 11. The van der Waals surface area contributed by atoms with Crippen LogP contribution >= 0.6 is 0 Å². The normalized spacial score (nSPS) is 12.5. The lowest BCUT2D eigenvalue weighted by Crippen LogP contribution is -2.18. The molecule has 0 aromatic heterocycles. The third-order valence-corrected chi connectivity index (χ3v) is 5.01. The average molecular weight is 427 g/mol. The third kappa shape index (κ3) is 6.64. The number of ether oxygens (including phenoxy) is 3. The summed E-state index contributed by atoms with van der Waals surface area (Å²) in [6, 6.07) is 11.0. The van der Waals surface area contributed by atoms with Gasteiger partial charge in [-0.2, -0.15) is 0 Å². The van der Waals surface area contributed by atoms with Crippen LogP contribution < -0.4 is 24.8 Å². The zero-order valence-corrected chi connectivity index (χ0v) is 18.2. The van der Waals surface area contributed by atoms with Crippen molar-refractivity contribution < 1.29 is 23.8 Å². The summed E-state index contributed by atoms with van der Waals surface area (Å²) in [6.07, 6.45) is 4.10. The quantitative estimate of drug-likeness (QED) is 0.515. The number of carbonyl (C=O) groups is 2. The molecular weight excluding hydrogens is 396 g/mol. The number of fused-ring (bicyclic) bond motifs is 1. The van der Waals surface area contributed by atoms with Gasteiger partial charge in [-0.15, -0.1) is 0 Å². The minimum atomic E-state index is -0.106. The lowest BCUT2D eigenvalue weighted by Gasteiger charge is -2.17. The van der Waals surface area contributed by atoms with Crippen LogP contribution in [0.3, 0.4) is 0 Å². The van der Waals surface area contributed by atoms with Gasteiger partial charge in [0, 0.05) is 24.6 Å². The zero-order chi connectivity index (χ0) is 22.1. The van der Waals surface area contributed by atoms with Crippen LogP contribution in [0.25, 0.3) is 0 Å². The van der Waals surface area contributed by atoms with Gasteiger partial charge in [-0.3, -0.25) is 9.59 Å². The van der Waals surface area contributed by atoms with E-state index in [4.69, 9.17) is 14.2 Å². The SMILES string of the molecule is CCCCOc1ccc(OC)cc1NC(=O)CCCOc1ccc2c(c1)CCC(=O)N2. The highest BCUT2D eigenvalue weighted by Gasteiger charge is 2.15. The van der Waals surface area contributed by atoms with Crippen molar-refractivity contribution in [1.29, 1.82) is 0 Å². The first kappa shape index (κ1) is 22.5. The van der Waals surface area contributed by atoms with Crippen LogP contribution in [0.15, 0.2) is 36.4 Å². The van der Waals surface area contributed by atoms with Crippen molar-refractivity contribution in [2.24, 2.45) is 0 Å². The van der Waals surface area contributed by atoms with Crippen LogP contribution in [0.5, 0.6) is 17.2 Å². The maximum absolute atomic E-state index is 12.4. The Hall–Kier alpha value is -3.22. The van der Waals surface area contributed by atoms with Crippen LogP contribution in [-0.4, -0.2) is 32.1 Å². The van der Waals surface area contributed by atoms with Gasteiger partial charge in [0.25, 0.3) is 0 Å². The van der Waals surface area contributed by atoms with Gasteiger partial charge in [0.1, 0.15) is 17.2 Å². The lowest BCUT2D eigenvalue weighted by atomic mass is 10.0. The fourth-order valence-electron chi connectivity index (χ4n) is 3.27. The topological polar surface area (TPSA) is 85.9 Å². The van der Waals surface area contributed by atoms with E-state index in [0.717, 1.165) is 29.8 Å². The summed E-state index contributed by atoms with van der Waals surface area (Å²) in [4.78, 5) is 23.9. The Kier molecular flexibility index (Phi) is 8.15. The van der Waals surface area contributed by atoms with Gasteiger partial charge in [0.2, 0.25) is 11.8 Å². The van der Waals surface area contributed by atoms with E-state index in [9.17, 15) is 9.59 Å². The number of anilines is 2. The van der Waals surface area contributed by atoms with E-state index in [1.165, 1.54) is 0 Å². The molecule has 1 aliphatic heterocycles. The summed E-state index contributed by atoms with van der Waals surface area (Å²) >= 11 is 0. The number of carbonyl (C=O) groups excluding carboxylic acids is 2. The van der Waals surface area contributed by atoms with E-state index in [0.29, 0.717) is 56.1 Å². The van der Waals surface area contributed by atoms with Gasteiger partial charge >= 0.3 is 0 Å². The Morgan fingerprint density at radius 1 is 1.03 bits per heavy atom. The molecule has 2 aromatic rings. The predicted molar refractivity (Wildman–Crippen MR) is 120 cm³/mol. The third-order valence-electron chi connectivity index (χ3n) is 5.01. The molecule has 0 unspecified atom stereocenters. The molecule has 0 spiro atoms. The molecule has 0 aliphatic carbocycles. The van der Waals surface area contributed by atoms with Crippen molar-refractivity contribution in [2.45, 2.75) is 45.4 Å². The fraction of sp³-hybridized carbons (Fsp3) is 0.417. The summed E-state index contributed by atoms with van der Waals surface area (Å²) in [6.45, 7) is 3.13. The monoisotopic (exact) mass is 426 g/mol. The summed E-state index contributed by atoms with van der Waals surface area (Å²) < 4.78 is 16.8. The summed E-state index contributed by atoms with van der Waals surface area (Å²) in [7, 11) is 1.59. The molecule has 0 saturated heterocycles. The summed E-state index contributed by atoms with van der Waals surface area (Å²) in [5.74, 6) is 1.98. The van der Waals surface area contributed by atoms with E-state index in [1.807, 2.05) is 30.3 Å². The Labute approximate surface area is 183 Å². The first-order valence-corrected chi connectivity index (χ1v) is 10.8. The molecule has 0 fully saturated rings. The maximum Gasteiger partial charge on any atom is 0.224 e. The average Bonchev–Trinajstić information content (AvgIpc) is 2.77. The number of hydrogen-bond donors (Lipinski definition) is 2. The van der Waals surface area contributed by atoms with E-state index < -0.39 is 0 Å². The minimum Gasteiger partial charge on any atom is -0.497 e. The number of aryl methyl sites for hydroxylation is 1. The van der Waals surface area contributed by atoms with Crippen molar-refractivity contribution in [3.8, 4) is 17.2 Å². The van der Waals surface area contributed by atoms with Gasteiger partial charge in [0.05, 0.1) is 26.0 Å². The van der Waals surface area contributed by atoms with Crippen molar-refractivity contribution in [2.75, 3.05) is 31.0 Å². The van der Waals surface area contributed by atoms with E-state index in [-0.39, 0.29) is 11.8 Å². The largest absolute Gasteiger partial charge is 0.497 e. The Morgan fingerprint density at radius 3 is 2.65 bits per heavy atom. The summed E-state index contributed by atoms with van der Waals surface area (Å²) in [5, 5.41) is 5.77. The molecule has 0 bridgehead atoms. The first-order chi connectivity index (χ1) is 15.1. The molecule has 0 saturated carbocycles. The molecule has 1 heterocycles. The lowest BCUT2D eigenvalue weighted by molar-refractivity contribution is -0.117. The fourth-order valence-corrected chi connectivity index (χ4v) is 3.27. The van der Waals surface area contributed by atoms with Gasteiger partial charge in [0.15, 0.2) is 0 Å². The van der Waals surface area contributed by atoms with Crippen molar-refractivity contribution in [3.63, 3.8) is 0 Å². The number of nitrogens with one attached hydrogen (secondary N) is 2. The number of methoxy groups -OCH3 is 1. The Balaban J connectivity index is 1.47. The molecule has 31 heavy (non-hydrogen) atoms. The molecule has 0 atom stereocenters. The van der Waals surface area contributed by atoms with Crippen molar-refractivity contribution in [3.05, 3.63) is 42.0 Å². The van der Waals surface area contributed by atoms with Crippen molar-refractivity contribution in [1.82, 2.24) is 0 Å². The second-order valence-corrected chi connectivity index (χ2v) is 7.43.